The molecule has 0 atom stereocenters. The fourth-order valence-electron chi connectivity index (χ4n) is 2.36. The molecule has 1 aliphatic heterocycles. The molecule has 114 valence electrons. The van der Waals surface area contributed by atoms with Gasteiger partial charge in [-0.05, 0) is 41.5 Å². The van der Waals surface area contributed by atoms with Gasteiger partial charge < -0.3 is 18.0 Å². The molecular formula is C14H30O4Si. The first kappa shape index (κ1) is 17.1. The highest BCUT2D eigenvalue weighted by Crippen LogP contribution is 2.38. The maximum Gasteiger partial charge on any atom is 0.502 e. The Morgan fingerprint density at radius 3 is 1.47 bits per heavy atom. The van der Waals surface area contributed by atoms with E-state index in [9.17, 15) is 0 Å². The first-order valence-corrected chi connectivity index (χ1v) is 9.21. The van der Waals surface area contributed by atoms with Gasteiger partial charge in [-0.1, -0.05) is 6.92 Å². The fourth-order valence-corrected chi connectivity index (χ4v) is 6.18. The van der Waals surface area contributed by atoms with Gasteiger partial charge in [-0.15, -0.1) is 0 Å². The third-order valence-corrected chi connectivity index (χ3v) is 6.57. The lowest BCUT2D eigenvalue weighted by molar-refractivity contribution is -0.104. The molecule has 0 aliphatic carbocycles. The van der Waals surface area contributed by atoms with Crippen molar-refractivity contribution in [3.05, 3.63) is 0 Å². The maximum atomic E-state index is 6.17. The monoisotopic (exact) mass is 290 g/mol. The van der Waals surface area contributed by atoms with E-state index in [1.54, 1.807) is 0 Å². The quantitative estimate of drug-likeness (QED) is 0.643. The third-order valence-electron chi connectivity index (χ3n) is 2.79. The van der Waals surface area contributed by atoms with Crippen LogP contribution < -0.4 is 0 Å². The van der Waals surface area contributed by atoms with Gasteiger partial charge in [0, 0.05) is 29.8 Å². The molecule has 0 aromatic rings. The highest BCUT2D eigenvalue weighted by Gasteiger charge is 2.52. The van der Waals surface area contributed by atoms with E-state index in [-0.39, 0.29) is 23.7 Å². The lowest BCUT2D eigenvalue weighted by Gasteiger charge is -2.44. The van der Waals surface area contributed by atoms with Gasteiger partial charge in [-0.3, -0.25) is 0 Å². The Morgan fingerprint density at radius 1 is 0.895 bits per heavy atom. The molecule has 1 aliphatic rings. The zero-order valence-electron chi connectivity index (χ0n) is 13.5. The van der Waals surface area contributed by atoms with E-state index in [1.165, 1.54) is 0 Å². The van der Waals surface area contributed by atoms with Crippen molar-refractivity contribution >= 4 is 8.80 Å². The van der Waals surface area contributed by atoms with Crippen LogP contribution in [0.4, 0.5) is 0 Å². The zero-order chi connectivity index (χ0) is 14.7. The minimum absolute atomic E-state index is 0.105. The Hall–Kier alpha value is 0.0569. The SMILES string of the molecule is CC(C)O[Si](CC1(C)COC1)(OC(C)C)OC(C)C. The Balaban J connectivity index is 2.87. The second-order valence-corrected chi connectivity index (χ2v) is 9.09. The van der Waals surface area contributed by atoms with E-state index >= 15 is 0 Å². The van der Waals surface area contributed by atoms with Crippen molar-refractivity contribution in [2.45, 2.75) is 72.8 Å². The van der Waals surface area contributed by atoms with Crippen molar-refractivity contribution in [3.8, 4) is 0 Å². The predicted octanol–water partition coefficient (Wildman–Crippen LogP) is 3.24. The van der Waals surface area contributed by atoms with E-state index in [0.29, 0.717) is 0 Å². The van der Waals surface area contributed by atoms with E-state index in [1.807, 2.05) is 41.5 Å². The molecule has 0 spiro atoms. The first-order valence-electron chi connectivity index (χ1n) is 7.28. The summed E-state index contributed by atoms with van der Waals surface area (Å²) in [5, 5.41) is 0. The minimum atomic E-state index is -2.67. The third kappa shape index (κ3) is 5.51. The lowest BCUT2D eigenvalue weighted by Crippen LogP contribution is -2.56. The largest absolute Gasteiger partial charge is 0.502 e. The van der Waals surface area contributed by atoms with Gasteiger partial charge in [0.15, 0.2) is 0 Å². The molecule has 0 radical (unpaired) electrons. The second-order valence-electron chi connectivity index (χ2n) is 6.66. The number of hydrogen-bond acceptors (Lipinski definition) is 4. The molecule has 0 aromatic heterocycles. The molecule has 5 heteroatoms. The molecule has 0 aromatic carbocycles. The first-order chi connectivity index (χ1) is 8.66. The zero-order valence-corrected chi connectivity index (χ0v) is 14.5. The van der Waals surface area contributed by atoms with Gasteiger partial charge >= 0.3 is 8.80 Å². The molecule has 0 saturated carbocycles. The second kappa shape index (κ2) is 6.67. The summed E-state index contributed by atoms with van der Waals surface area (Å²) in [6.07, 6.45) is 0.316. The smallest absolute Gasteiger partial charge is 0.380 e. The van der Waals surface area contributed by atoms with Gasteiger partial charge in [0.2, 0.25) is 0 Å². The summed E-state index contributed by atoms with van der Waals surface area (Å²) in [5.74, 6) is 0. The van der Waals surface area contributed by atoms with Crippen LogP contribution in [-0.2, 0) is 18.0 Å². The number of ether oxygens (including phenoxy) is 1. The highest BCUT2D eigenvalue weighted by molar-refractivity contribution is 6.61. The van der Waals surface area contributed by atoms with E-state index in [4.69, 9.17) is 18.0 Å². The number of rotatable bonds is 8. The van der Waals surface area contributed by atoms with Gasteiger partial charge in [0.05, 0.1) is 13.2 Å². The van der Waals surface area contributed by atoms with E-state index in [0.717, 1.165) is 19.3 Å². The molecule has 4 nitrogen and oxygen atoms in total. The van der Waals surface area contributed by atoms with Gasteiger partial charge in [-0.2, -0.15) is 0 Å². The molecule has 0 bridgehead atoms. The summed E-state index contributed by atoms with van der Waals surface area (Å²) >= 11 is 0. The van der Waals surface area contributed by atoms with Crippen LogP contribution in [0, 0.1) is 5.41 Å². The average molecular weight is 290 g/mol. The molecule has 0 amide bonds. The van der Waals surface area contributed by atoms with Crippen molar-refractivity contribution in [2.75, 3.05) is 13.2 Å². The Kier molecular flexibility index (Phi) is 6.01. The van der Waals surface area contributed by atoms with E-state index < -0.39 is 8.80 Å². The maximum absolute atomic E-state index is 6.17. The van der Waals surface area contributed by atoms with Crippen LogP contribution in [0.2, 0.25) is 6.04 Å². The lowest BCUT2D eigenvalue weighted by atomic mass is 9.92. The van der Waals surface area contributed by atoms with E-state index in [2.05, 4.69) is 6.92 Å². The van der Waals surface area contributed by atoms with Crippen LogP contribution >= 0.6 is 0 Å². The molecule has 1 fully saturated rings. The minimum Gasteiger partial charge on any atom is -0.380 e. The van der Waals surface area contributed by atoms with Gasteiger partial charge in [-0.25, -0.2) is 0 Å². The van der Waals surface area contributed by atoms with Crippen molar-refractivity contribution in [3.63, 3.8) is 0 Å². The topological polar surface area (TPSA) is 36.9 Å². The van der Waals surface area contributed by atoms with Crippen LogP contribution in [0.5, 0.6) is 0 Å². The van der Waals surface area contributed by atoms with Crippen LogP contribution in [0.15, 0.2) is 0 Å². The van der Waals surface area contributed by atoms with Crippen molar-refractivity contribution < 1.29 is 18.0 Å². The molecule has 1 heterocycles. The Labute approximate surface area is 119 Å². The summed E-state index contributed by atoms with van der Waals surface area (Å²) in [7, 11) is -2.67. The van der Waals surface area contributed by atoms with Gasteiger partial charge in [0.25, 0.3) is 0 Å². The Bertz CT molecular complexity index is 248. The fraction of sp³-hybridized carbons (Fsp3) is 1.00. The molecular weight excluding hydrogens is 260 g/mol. The summed E-state index contributed by atoms with van der Waals surface area (Å²) in [5.41, 5.74) is 0.130. The van der Waals surface area contributed by atoms with Crippen LogP contribution in [0.25, 0.3) is 0 Å². The van der Waals surface area contributed by atoms with Crippen LogP contribution in [0.3, 0.4) is 0 Å². The van der Waals surface area contributed by atoms with Crippen molar-refractivity contribution in [2.24, 2.45) is 5.41 Å². The number of hydrogen-bond donors (Lipinski definition) is 0. The Morgan fingerprint density at radius 2 is 1.26 bits per heavy atom. The van der Waals surface area contributed by atoms with Crippen molar-refractivity contribution in [1.82, 2.24) is 0 Å². The highest BCUT2D eigenvalue weighted by atomic mass is 28.4. The standard InChI is InChI=1S/C14H30O4Si/c1-11(2)16-19(17-12(3)4,18-13(5)6)10-14(7)8-15-9-14/h11-13H,8-10H2,1-7H3. The molecule has 0 unspecified atom stereocenters. The van der Waals surface area contributed by atoms with Crippen LogP contribution in [-0.4, -0.2) is 40.3 Å². The molecule has 1 rings (SSSR count). The normalized spacial score (nSPS) is 19.3. The summed E-state index contributed by atoms with van der Waals surface area (Å²) in [6.45, 7) is 16.0. The summed E-state index contributed by atoms with van der Waals surface area (Å²) in [6, 6.07) is 0.828. The van der Waals surface area contributed by atoms with Gasteiger partial charge in [0.1, 0.15) is 0 Å². The summed E-state index contributed by atoms with van der Waals surface area (Å²) < 4.78 is 23.9. The van der Waals surface area contributed by atoms with Crippen molar-refractivity contribution in [1.29, 1.82) is 0 Å². The summed E-state index contributed by atoms with van der Waals surface area (Å²) in [4.78, 5) is 0. The van der Waals surface area contributed by atoms with Crippen LogP contribution in [0.1, 0.15) is 48.5 Å². The molecule has 0 N–H and O–H groups in total. The molecule has 1 saturated heterocycles. The predicted molar refractivity (Wildman–Crippen MR) is 78.2 cm³/mol. The average Bonchev–Trinajstić information content (AvgIpc) is 2.10. The molecule has 19 heavy (non-hydrogen) atoms.